The molecule has 0 unspecified atom stereocenters. The lowest BCUT2D eigenvalue weighted by molar-refractivity contribution is 0.0916. The fraction of sp³-hybridized carbons (Fsp3) is 0.235. The van der Waals surface area contributed by atoms with Gasteiger partial charge in [0, 0.05) is 22.8 Å². The van der Waals surface area contributed by atoms with Gasteiger partial charge >= 0.3 is 6.09 Å². The number of thiazole rings is 1. The molecule has 0 aliphatic carbocycles. The van der Waals surface area contributed by atoms with Gasteiger partial charge in [0.15, 0.2) is 0 Å². The monoisotopic (exact) mass is 358 g/mol. The Kier molecular flexibility index (Phi) is 4.99. The van der Waals surface area contributed by atoms with Crippen LogP contribution in [-0.4, -0.2) is 28.7 Å². The van der Waals surface area contributed by atoms with E-state index >= 15 is 0 Å². The summed E-state index contributed by atoms with van der Waals surface area (Å²) in [5.74, 6) is -0.494. The van der Waals surface area contributed by atoms with E-state index in [1.54, 1.807) is 5.38 Å². The number of aromatic nitrogens is 2. The molecule has 3 rings (SSSR count). The zero-order valence-electron chi connectivity index (χ0n) is 13.9. The van der Waals surface area contributed by atoms with Crippen LogP contribution in [0.3, 0.4) is 0 Å². The summed E-state index contributed by atoms with van der Waals surface area (Å²) in [6.07, 6.45) is 0.250. The molecule has 130 valence electrons. The van der Waals surface area contributed by atoms with Gasteiger partial charge in [-0.3, -0.25) is 10.2 Å². The number of amides is 2. The fourth-order valence-corrected chi connectivity index (χ4v) is 3.39. The van der Waals surface area contributed by atoms with E-state index < -0.39 is 12.0 Å². The molecule has 0 saturated carbocycles. The molecule has 0 saturated heterocycles. The third-order valence-corrected chi connectivity index (χ3v) is 4.54. The number of para-hydroxylation sites is 1. The highest BCUT2D eigenvalue weighted by molar-refractivity contribution is 7.13. The van der Waals surface area contributed by atoms with Crippen molar-refractivity contribution >= 4 is 34.2 Å². The van der Waals surface area contributed by atoms with Gasteiger partial charge in [-0.1, -0.05) is 25.1 Å². The van der Waals surface area contributed by atoms with Crippen molar-refractivity contribution in [2.24, 2.45) is 0 Å². The molecule has 3 aromatic rings. The molecular weight excluding hydrogens is 340 g/mol. The smallest absolute Gasteiger partial charge is 0.425 e. The minimum atomic E-state index is -0.744. The maximum atomic E-state index is 12.0. The predicted octanol–water partition coefficient (Wildman–Crippen LogP) is 3.18. The van der Waals surface area contributed by atoms with Crippen LogP contribution in [0.2, 0.25) is 0 Å². The van der Waals surface area contributed by atoms with Gasteiger partial charge in [0.2, 0.25) is 0 Å². The molecule has 2 amide bonds. The summed E-state index contributed by atoms with van der Waals surface area (Å²) in [4.78, 5) is 27.5. The second-order valence-electron chi connectivity index (χ2n) is 5.35. The first-order chi connectivity index (χ1) is 12.1. The molecular formula is C17H18N4O3S. The first kappa shape index (κ1) is 17.0. The number of carbonyl (C=O) groups is 2. The molecule has 0 bridgehead atoms. The molecule has 0 aliphatic heterocycles. The van der Waals surface area contributed by atoms with Gasteiger partial charge in [0.1, 0.15) is 10.7 Å². The second kappa shape index (κ2) is 7.35. The van der Waals surface area contributed by atoms with Gasteiger partial charge in [-0.05, 0) is 18.6 Å². The van der Waals surface area contributed by atoms with Crippen LogP contribution in [0.25, 0.3) is 21.6 Å². The van der Waals surface area contributed by atoms with Gasteiger partial charge in [-0.2, -0.15) is 0 Å². The summed E-state index contributed by atoms with van der Waals surface area (Å²) in [5, 5.41) is 3.56. The third kappa shape index (κ3) is 3.48. The number of nitrogens with zero attached hydrogens (tertiary/aromatic N) is 2. The van der Waals surface area contributed by atoms with E-state index in [1.807, 2.05) is 12.1 Å². The van der Waals surface area contributed by atoms with Crippen LogP contribution in [-0.2, 0) is 11.3 Å². The van der Waals surface area contributed by atoms with E-state index in [-0.39, 0.29) is 5.69 Å². The lowest BCUT2D eigenvalue weighted by Crippen LogP contribution is -2.41. The Bertz CT molecular complexity index is 916. The van der Waals surface area contributed by atoms with E-state index in [4.69, 9.17) is 0 Å². The average molecular weight is 358 g/mol. The Balaban J connectivity index is 1.89. The van der Waals surface area contributed by atoms with E-state index in [0.29, 0.717) is 0 Å². The van der Waals surface area contributed by atoms with Crippen LogP contribution in [0.4, 0.5) is 4.79 Å². The van der Waals surface area contributed by atoms with Gasteiger partial charge < -0.3 is 9.30 Å². The molecule has 2 aromatic heterocycles. The number of fused-ring (bicyclic) bond motifs is 1. The molecule has 0 spiro atoms. The highest BCUT2D eigenvalue weighted by Gasteiger charge is 2.16. The molecule has 2 N–H and O–H groups in total. The van der Waals surface area contributed by atoms with Crippen molar-refractivity contribution in [2.75, 3.05) is 7.11 Å². The van der Waals surface area contributed by atoms with Crippen molar-refractivity contribution in [1.29, 1.82) is 0 Å². The van der Waals surface area contributed by atoms with Crippen molar-refractivity contribution in [3.8, 4) is 10.7 Å². The quantitative estimate of drug-likeness (QED) is 0.702. The number of hydrogen-bond donors (Lipinski definition) is 2. The normalized spacial score (nSPS) is 10.6. The van der Waals surface area contributed by atoms with Crippen LogP contribution in [0.5, 0.6) is 0 Å². The molecule has 0 fully saturated rings. The van der Waals surface area contributed by atoms with Crippen LogP contribution in [0.15, 0.2) is 35.7 Å². The largest absolute Gasteiger partial charge is 0.452 e. The Hall–Kier alpha value is -2.87. The summed E-state index contributed by atoms with van der Waals surface area (Å²) >= 11 is 1.39. The molecule has 0 radical (unpaired) electrons. The number of aryl methyl sites for hydroxylation is 1. The van der Waals surface area contributed by atoms with Crippen LogP contribution < -0.4 is 10.9 Å². The molecule has 8 heteroatoms. The van der Waals surface area contributed by atoms with Gasteiger partial charge in [-0.25, -0.2) is 15.2 Å². The van der Waals surface area contributed by atoms with Crippen LogP contribution >= 0.6 is 11.3 Å². The molecule has 25 heavy (non-hydrogen) atoms. The minimum Gasteiger partial charge on any atom is -0.452 e. The molecule has 0 atom stereocenters. The second-order valence-corrected chi connectivity index (χ2v) is 6.21. The number of nitrogens with one attached hydrogen (secondary N) is 2. The predicted molar refractivity (Wildman–Crippen MR) is 96.3 cm³/mol. The molecule has 0 aliphatic rings. The van der Waals surface area contributed by atoms with Crippen molar-refractivity contribution in [3.63, 3.8) is 0 Å². The molecule has 1 aromatic carbocycles. The Morgan fingerprint density at radius 2 is 2.08 bits per heavy atom. The number of hydrazine groups is 1. The zero-order valence-corrected chi connectivity index (χ0v) is 14.7. The molecule has 7 nitrogen and oxygen atoms in total. The topological polar surface area (TPSA) is 85.3 Å². The highest BCUT2D eigenvalue weighted by Crippen LogP contribution is 2.30. The van der Waals surface area contributed by atoms with Crippen molar-refractivity contribution in [3.05, 3.63) is 41.4 Å². The van der Waals surface area contributed by atoms with Crippen LogP contribution in [0.1, 0.15) is 23.8 Å². The van der Waals surface area contributed by atoms with Crippen LogP contribution in [0, 0.1) is 0 Å². The highest BCUT2D eigenvalue weighted by atomic mass is 32.1. The van der Waals surface area contributed by atoms with E-state index in [9.17, 15) is 9.59 Å². The van der Waals surface area contributed by atoms with Gasteiger partial charge in [0.25, 0.3) is 5.91 Å². The summed E-state index contributed by atoms with van der Waals surface area (Å²) in [5.41, 5.74) is 6.75. The first-order valence-electron chi connectivity index (χ1n) is 7.82. The summed E-state index contributed by atoms with van der Waals surface area (Å²) in [7, 11) is 1.22. The average Bonchev–Trinajstić information content (AvgIpc) is 3.25. The lowest BCUT2D eigenvalue weighted by atomic mass is 10.2. The summed E-state index contributed by atoms with van der Waals surface area (Å²) in [6.45, 7) is 2.99. The number of ether oxygens (including phenoxy) is 1. The standard InChI is InChI=1S/C17H18N4O3S/c1-3-8-21-13-7-5-4-6-11(13)9-14(21)16-18-12(10-25-16)15(22)19-20-17(23)24-2/h4-7,9-10H,3,8H2,1-2H3,(H,19,22)(H,20,23). The Morgan fingerprint density at radius 3 is 2.84 bits per heavy atom. The summed E-state index contributed by atoms with van der Waals surface area (Å²) in [6, 6.07) is 10.2. The fourth-order valence-electron chi connectivity index (χ4n) is 2.57. The van der Waals surface area contributed by atoms with Gasteiger partial charge in [-0.15, -0.1) is 11.3 Å². The zero-order chi connectivity index (χ0) is 17.8. The number of hydrogen-bond acceptors (Lipinski definition) is 5. The van der Waals surface area contributed by atoms with Gasteiger partial charge in [0.05, 0.1) is 12.8 Å². The van der Waals surface area contributed by atoms with Crippen molar-refractivity contribution in [1.82, 2.24) is 20.4 Å². The molecule has 2 heterocycles. The Morgan fingerprint density at radius 1 is 1.28 bits per heavy atom. The number of rotatable bonds is 4. The summed E-state index contributed by atoms with van der Waals surface area (Å²) < 4.78 is 6.61. The maximum Gasteiger partial charge on any atom is 0.425 e. The number of benzene rings is 1. The maximum absolute atomic E-state index is 12.0. The van der Waals surface area contributed by atoms with E-state index in [2.05, 4.69) is 50.3 Å². The SMILES string of the molecule is CCCn1c(-c2nc(C(=O)NNC(=O)OC)cs2)cc2ccccc21. The third-order valence-electron chi connectivity index (χ3n) is 3.68. The van der Waals surface area contributed by atoms with E-state index in [1.165, 1.54) is 18.4 Å². The number of methoxy groups -OCH3 is 1. The minimum absolute atomic E-state index is 0.240. The van der Waals surface area contributed by atoms with E-state index in [0.717, 1.165) is 34.6 Å². The number of carbonyl (C=O) groups excluding carboxylic acids is 2. The van der Waals surface area contributed by atoms with Crippen molar-refractivity contribution < 1.29 is 14.3 Å². The lowest BCUT2D eigenvalue weighted by Gasteiger charge is -2.07. The first-order valence-corrected chi connectivity index (χ1v) is 8.70. The Labute approximate surface area is 148 Å². The van der Waals surface area contributed by atoms with Crippen molar-refractivity contribution in [2.45, 2.75) is 19.9 Å².